The summed E-state index contributed by atoms with van der Waals surface area (Å²) in [6.07, 6.45) is 4.81. The number of carbonyl (C=O) groups is 1. The number of morpholine rings is 1. The van der Waals surface area contributed by atoms with Crippen LogP contribution in [-0.2, 0) is 9.53 Å². The van der Waals surface area contributed by atoms with Gasteiger partial charge in [-0.3, -0.25) is 9.69 Å². The molecule has 0 spiro atoms. The molecule has 2 rings (SSSR count). The number of rotatable bonds is 2. The zero-order valence-electron chi connectivity index (χ0n) is 9.89. The first-order valence-corrected chi connectivity index (χ1v) is 6.24. The minimum absolute atomic E-state index is 0.347. The van der Waals surface area contributed by atoms with E-state index in [0.29, 0.717) is 19.3 Å². The van der Waals surface area contributed by atoms with E-state index in [-0.39, 0.29) is 0 Å². The van der Waals surface area contributed by atoms with E-state index in [1.54, 1.807) is 0 Å². The van der Waals surface area contributed by atoms with Crippen molar-refractivity contribution in [3.63, 3.8) is 0 Å². The van der Waals surface area contributed by atoms with Crippen molar-refractivity contribution in [2.45, 2.75) is 44.7 Å². The second kappa shape index (κ2) is 5.15. The van der Waals surface area contributed by atoms with Gasteiger partial charge < -0.3 is 9.84 Å². The molecule has 92 valence electrons. The summed E-state index contributed by atoms with van der Waals surface area (Å²) in [6, 6.07) is 0.0257. The fraction of sp³-hybridized carbons (Fsp3) is 0.917. The van der Waals surface area contributed by atoms with Crippen LogP contribution in [0.25, 0.3) is 0 Å². The SMILES string of the molecule is CC1CCCC(N2CCOCC2C(=O)O)C1. The standard InChI is InChI=1S/C12H21NO3/c1-9-3-2-4-10(7-9)13-5-6-16-8-11(13)12(14)15/h9-11H,2-8H2,1H3,(H,14,15). The second-order valence-electron chi connectivity index (χ2n) is 5.09. The lowest BCUT2D eigenvalue weighted by Gasteiger charge is -2.41. The monoisotopic (exact) mass is 227 g/mol. The normalized spacial score (nSPS) is 37.2. The summed E-state index contributed by atoms with van der Waals surface area (Å²) in [5, 5.41) is 9.18. The highest BCUT2D eigenvalue weighted by atomic mass is 16.5. The Balaban J connectivity index is 2.01. The van der Waals surface area contributed by atoms with E-state index < -0.39 is 12.0 Å². The van der Waals surface area contributed by atoms with Crippen LogP contribution >= 0.6 is 0 Å². The molecule has 1 aliphatic carbocycles. The number of aliphatic carboxylic acids is 1. The average molecular weight is 227 g/mol. The predicted molar refractivity (Wildman–Crippen MR) is 60.4 cm³/mol. The number of hydrogen-bond acceptors (Lipinski definition) is 3. The molecule has 1 saturated carbocycles. The molecule has 0 aromatic heterocycles. The van der Waals surface area contributed by atoms with Gasteiger partial charge in [0.25, 0.3) is 0 Å². The summed E-state index contributed by atoms with van der Waals surface area (Å²) in [5.74, 6) is -0.00559. The second-order valence-corrected chi connectivity index (χ2v) is 5.09. The van der Waals surface area contributed by atoms with Gasteiger partial charge in [-0.05, 0) is 18.8 Å². The quantitative estimate of drug-likeness (QED) is 0.773. The number of nitrogens with zero attached hydrogens (tertiary/aromatic N) is 1. The first kappa shape index (κ1) is 11.9. The van der Waals surface area contributed by atoms with E-state index in [9.17, 15) is 9.90 Å². The van der Waals surface area contributed by atoms with Gasteiger partial charge in [-0.1, -0.05) is 19.8 Å². The lowest BCUT2D eigenvalue weighted by atomic mass is 9.85. The smallest absolute Gasteiger partial charge is 0.323 e. The topological polar surface area (TPSA) is 49.8 Å². The zero-order chi connectivity index (χ0) is 11.5. The Morgan fingerprint density at radius 2 is 2.25 bits per heavy atom. The van der Waals surface area contributed by atoms with Crippen LogP contribution < -0.4 is 0 Å². The van der Waals surface area contributed by atoms with E-state index >= 15 is 0 Å². The molecule has 3 atom stereocenters. The summed E-state index contributed by atoms with van der Waals surface area (Å²) in [4.78, 5) is 13.3. The van der Waals surface area contributed by atoms with Crippen LogP contribution in [0.5, 0.6) is 0 Å². The highest BCUT2D eigenvalue weighted by Crippen LogP contribution is 2.29. The Labute approximate surface area is 96.6 Å². The Bertz CT molecular complexity index is 257. The van der Waals surface area contributed by atoms with E-state index in [2.05, 4.69) is 11.8 Å². The van der Waals surface area contributed by atoms with Gasteiger partial charge in [-0.15, -0.1) is 0 Å². The summed E-state index contributed by atoms with van der Waals surface area (Å²) in [5.41, 5.74) is 0. The zero-order valence-corrected chi connectivity index (χ0v) is 9.89. The molecule has 0 amide bonds. The minimum Gasteiger partial charge on any atom is -0.480 e. The largest absolute Gasteiger partial charge is 0.480 e. The fourth-order valence-electron chi connectivity index (χ4n) is 2.97. The Kier molecular flexibility index (Phi) is 3.82. The van der Waals surface area contributed by atoms with Crippen molar-refractivity contribution < 1.29 is 14.6 Å². The number of carboxylic acids is 1. The summed E-state index contributed by atoms with van der Waals surface area (Å²) < 4.78 is 5.27. The van der Waals surface area contributed by atoms with Crippen LogP contribution in [0.4, 0.5) is 0 Å². The summed E-state index contributed by atoms with van der Waals surface area (Å²) >= 11 is 0. The summed E-state index contributed by atoms with van der Waals surface area (Å²) in [6.45, 7) is 4.06. The molecule has 4 heteroatoms. The van der Waals surface area contributed by atoms with Crippen molar-refractivity contribution in [3.8, 4) is 0 Å². The van der Waals surface area contributed by atoms with Gasteiger partial charge >= 0.3 is 5.97 Å². The molecule has 1 N–H and O–H groups in total. The molecule has 1 saturated heterocycles. The molecule has 0 bridgehead atoms. The molecule has 1 heterocycles. The van der Waals surface area contributed by atoms with Crippen molar-refractivity contribution in [2.75, 3.05) is 19.8 Å². The van der Waals surface area contributed by atoms with Crippen molar-refractivity contribution in [2.24, 2.45) is 5.92 Å². The third kappa shape index (κ3) is 2.55. The van der Waals surface area contributed by atoms with Gasteiger partial charge in [0.15, 0.2) is 0 Å². The van der Waals surface area contributed by atoms with Crippen molar-refractivity contribution in [3.05, 3.63) is 0 Å². The molecule has 0 radical (unpaired) electrons. The molecule has 2 fully saturated rings. The molecular weight excluding hydrogens is 206 g/mol. The fourth-order valence-corrected chi connectivity index (χ4v) is 2.97. The van der Waals surface area contributed by atoms with Gasteiger partial charge in [-0.25, -0.2) is 0 Å². The maximum absolute atomic E-state index is 11.2. The molecule has 3 unspecified atom stereocenters. The first-order chi connectivity index (χ1) is 7.68. The van der Waals surface area contributed by atoms with Crippen LogP contribution in [0.3, 0.4) is 0 Å². The van der Waals surface area contributed by atoms with Gasteiger partial charge in [-0.2, -0.15) is 0 Å². The molecule has 2 aliphatic rings. The number of hydrogen-bond donors (Lipinski definition) is 1. The Hall–Kier alpha value is -0.610. The highest BCUT2D eigenvalue weighted by molar-refractivity contribution is 5.73. The number of ether oxygens (including phenoxy) is 1. The van der Waals surface area contributed by atoms with Gasteiger partial charge in [0.05, 0.1) is 13.2 Å². The maximum Gasteiger partial charge on any atom is 0.323 e. The third-order valence-corrected chi connectivity index (χ3v) is 3.83. The Morgan fingerprint density at radius 3 is 2.94 bits per heavy atom. The van der Waals surface area contributed by atoms with Crippen molar-refractivity contribution in [1.29, 1.82) is 0 Å². The van der Waals surface area contributed by atoms with Gasteiger partial charge in [0.2, 0.25) is 0 Å². The molecule has 1 aliphatic heterocycles. The lowest BCUT2D eigenvalue weighted by Crippen LogP contribution is -2.55. The predicted octanol–water partition coefficient (Wildman–Crippen LogP) is 1.35. The minimum atomic E-state index is -0.738. The Morgan fingerprint density at radius 1 is 1.44 bits per heavy atom. The van der Waals surface area contributed by atoms with Crippen molar-refractivity contribution >= 4 is 5.97 Å². The average Bonchev–Trinajstić information content (AvgIpc) is 2.29. The molecule has 16 heavy (non-hydrogen) atoms. The van der Waals surface area contributed by atoms with Gasteiger partial charge in [0, 0.05) is 12.6 Å². The molecule has 4 nitrogen and oxygen atoms in total. The highest BCUT2D eigenvalue weighted by Gasteiger charge is 2.35. The maximum atomic E-state index is 11.2. The third-order valence-electron chi connectivity index (χ3n) is 3.83. The van der Waals surface area contributed by atoms with E-state index in [1.165, 1.54) is 12.8 Å². The molecule has 0 aromatic rings. The first-order valence-electron chi connectivity index (χ1n) is 6.24. The van der Waals surface area contributed by atoms with Crippen LogP contribution in [0.1, 0.15) is 32.6 Å². The summed E-state index contributed by atoms with van der Waals surface area (Å²) in [7, 11) is 0. The van der Waals surface area contributed by atoms with Crippen LogP contribution in [0.15, 0.2) is 0 Å². The van der Waals surface area contributed by atoms with Crippen LogP contribution in [-0.4, -0.2) is 47.8 Å². The number of carboxylic acid groups (broad SMARTS) is 1. The van der Waals surface area contributed by atoms with E-state index in [4.69, 9.17) is 4.74 Å². The van der Waals surface area contributed by atoms with Gasteiger partial charge in [0.1, 0.15) is 6.04 Å². The molecular formula is C12H21NO3. The van der Waals surface area contributed by atoms with Crippen LogP contribution in [0.2, 0.25) is 0 Å². The van der Waals surface area contributed by atoms with Crippen molar-refractivity contribution in [1.82, 2.24) is 4.90 Å². The molecule has 0 aromatic carbocycles. The lowest BCUT2D eigenvalue weighted by molar-refractivity contribution is -0.152. The van der Waals surface area contributed by atoms with Crippen LogP contribution in [0, 0.1) is 5.92 Å². The van der Waals surface area contributed by atoms with E-state index in [1.807, 2.05) is 0 Å². The van der Waals surface area contributed by atoms with E-state index in [0.717, 1.165) is 25.3 Å².